The van der Waals surface area contributed by atoms with Crippen LogP contribution in [0.15, 0.2) is 35.2 Å². The van der Waals surface area contributed by atoms with Crippen LogP contribution in [0.3, 0.4) is 0 Å². The summed E-state index contributed by atoms with van der Waals surface area (Å²) in [4.78, 5) is 27.0. The average Bonchev–Trinajstić information content (AvgIpc) is 2.99. The topological polar surface area (TPSA) is 55.4 Å². The fourth-order valence-electron chi connectivity index (χ4n) is 2.90. The summed E-state index contributed by atoms with van der Waals surface area (Å²) in [6, 6.07) is 9.81. The highest BCUT2D eigenvalue weighted by molar-refractivity contribution is 8.00. The third-order valence-electron chi connectivity index (χ3n) is 4.02. The van der Waals surface area contributed by atoms with Crippen molar-refractivity contribution in [1.29, 1.82) is 0 Å². The molecular weight excluding hydrogens is 354 g/mol. The Kier molecular flexibility index (Phi) is 6.15. The maximum absolute atomic E-state index is 12.4. The van der Waals surface area contributed by atoms with Crippen LogP contribution in [0.25, 0.3) is 0 Å². The molecule has 1 amide bonds. The summed E-state index contributed by atoms with van der Waals surface area (Å²) in [6.07, 6.45) is 4.07. The van der Waals surface area contributed by atoms with Crippen LogP contribution in [0.4, 0.5) is 5.00 Å². The van der Waals surface area contributed by atoms with Gasteiger partial charge in [0.25, 0.3) is 0 Å². The average molecular weight is 376 g/mol. The van der Waals surface area contributed by atoms with Crippen LogP contribution in [0.2, 0.25) is 0 Å². The van der Waals surface area contributed by atoms with Gasteiger partial charge in [-0.15, -0.1) is 23.1 Å². The number of carbonyl (C=O) groups is 2. The van der Waals surface area contributed by atoms with Gasteiger partial charge >= 0.3 is 5.97 Å². The first-order valence-electron chi connectivity index (χ1n) is 8.48. The van der Waals surface area contributed by atoms with Gasteiger partial charge in [0.05, 0.1) is 17.9 Å². The van der Waals surface area contributed by atoms with E-state index in [0.717, 1.165) is 36.1 Å². The summed E-state index contributed by atoms with van der Waals surface area (Å²) >= 11 is 3.01. The number of hydrogen-bond acceptors (Lipinski definition) is 5. The normalized spacial score (nSPS) is 13.2. The molecule has 1 aliphatic carbocycles. The van der Waals surface area contributed by atoms with Crippen molar-refractivity contribution in [3.05, 3.63) is 46.3 Å². The summed E-state index contributed by atoms with van der Waals surface area (Å²) in [5, 5.41) is 3.58. The number of aryl methyl sites for hydroxylation is 1. The molecule has 0 radical (unpaired) electrons. The lowest BCUT2D eigenvalue weighted by molar-refractivity contribution is -0.113. The zero-order valence-corrected chi connectivity index (χ0v) is 15.8. The number of benzene rings is 1. The van der Waals surface area contributed by atoms with E-state index in [2.05, 4.69) is 5.32 Å². The van der Waals surface area contributed by atoms with Gasteiger partial charge in [-0.05, 0) is 50.3 Å². The lowest BCUT2D eigenvalue weighted by Crippen LogP contribution is -2.17. The van der Waals surface area contributed by atoms with Gasteiger partial charge in [0.1, 0.15) is 5.00 Å². The fraction of sp³-hybridized carbons (Fsp3) is 0.368. The second kappa shape index (κ2) is 8.54. The molecule has 132 valence electrons. The van der Waals surface area contributed by atoms with Crippen LogP contribution in [0, 0.1) is 0 Å². The van der Waals surface area contributed by atoms with Crippen molar-refractivity contribution in [3.63, 3.8) is 0 Å². The molecule has 25 heavy (non-hydrogen) atoms. The monoisotopic (exact) mass is 375 g/mol. The number of thiophene rings is 1. The largest absolute Gasteiger partial charge is 0.462 e. The minimum atomic E-state index is -0.326. The zero-order chi connectivity index (χ0) is 17.6. The Balaban J connectivity index is 1.73. The van der Waals surface area contributed by atoms with Crippen LogP contribution < -0.4 is 5.32 Å². The first kappa shape index (κ1) is 18.0. The molecule has 1 N–H and O–H groups in total. The van der Waals surface area contributed by atoms with Gasteiger partial charge in [0, 0.05) is 9.77 Å². The molecule has 1 aromatic heterocycles. The maximum atomic E-state index is 12.4. The van der Waals surface area contributed by atoms with Gasteiger partial charge in [-0.25, -0.2) is 4.79 Å². The molecule has 1 aromatic carbocycles. The molecule has 0 unspecified atom stereocenters. The molecule has 4 nitrogen and oxygen atoms in total. The molecule has 0 aliphatic heterocycles. The van der Waals surface area contributed by atoms with E-state index in [9.17, 15) is 9.59 Å². The number of nitrogens with one attached hydrogen (secondary N) is 1. The van der Waals surface area contributed by atoms with E-state index in [1.54, 1.807) is 6.92 Å². The Morgan fingerprint density at radius 2 is 1.96 bits per heavy atom. The predicted octanol–water partition coefficient (Wildman–Crippen LogP) is 4.53. The lowest BCUT2D eigenvalue weighted by atomic mass is 9.95. The minimum absolute atomic E-state index is 0.0991. The Hall–Kier alpha value is -1.79. The second-order valence-electron chi connectivity index (χ2n) is 5.79. The minimum Gasteiger partial charge on any atom is -0.462 e. The van der Waals surface area contributed by atoms with Gasteiger partial charge in [-0.3, -0.25) is 4.79 Å². The lowest BCUT2D eigenvalue weighted by Gasteiger charge is -2.12. The predicted molar refractivity (Wildman–Crippen MR) is 103 cm³/mol. The number of amides is 1. The highest BCUT2D eigenvalue weighted by Crippen LogP contribution is 2.38. The van der Waals surface area contributed by atoms with Crippen LogP contribution in [0.5, 0.6) is 0 Å². The van der Waals surface area contributed by atoms with Crippen LogP contribution in [-0.2, 0) is 22.4 Å². The van der Waals surface area contributed by atoms with E-state index in [1.807, 2.05) is 30.3 Å². The Bertz CT molecular complexity index is 756. The van der Waals surface area contributed by atoms with Gasteiger partial charge in [-0.2, -0.15) is 0 Å². The third kappa shape index (κ3) is 4.44. The van der Waals surface area contributed by atoms with Gasteiger partial charge in [-0.1, -0.05) is 18.2 Å². The van der Waals surface area contributed by atoms with E-state index in [-0.39, 0.29) is 11.9 Å². The van der Waals surface area contributed by atoms with Crippen molar-refractivity contribution in [3.8, 4) is 0 Å². The molecule has 6 heteroatoms. The third-order valence-corrected chi connectivity index (χ3v) is 6.24. The smallest absolute Gasteiger partial charge is 0.341 e. The Morgan fingerprint density at radius 3 is 2.72 bits per heavy atom. The Morgan fingerprint density at radius 1 is 1.20 bits per heavy atom. The molecule has 0 saturated carbocycles. The van der Waals surface area contributed by atoms with E-state index < -0.39 is 0 Å². The Labute approximate surface area is 156 Å². The number of fused-ring (bicyclic) bond motifs is 1. The number of ether oxygens (including phenoxy) is 1. The van der Waals surface area contributed by atoms with Crippen LogP contribution in [-0.4, -0.2) is 24.2 Å². The maximum Gasteiger partial charge on any atom is 0.341 e. The number of carbonyl (C=O) groups excluding carboxylic acids is 2. The molecule has 1 aliphatic rings. The van der Waals surface area contributed by atoms with Crippen molar-refractivity contribution >= 4 is 40.0 Å². The molecule has 0 saturated heterocycles. The zero-order valence-electron chi connectivity index (χ0n) is 14.2. The summed E-state index contributed by atoms with van der Waals surface area (Å²) in [6.45, 7) is 2.13. The quantitative estimate of drug-likeness (QED) is 0.595. The number of anilines is 1. The van der Waals surface area contributed by atoms with E-state index >= 15 is 0 Å². The highest BCUT2D eigenvalue weighted by Gasteiger charge is 2.27. The van der Waals surface area contributed by atoms with Crippen LogP contribution in [0.1, 0.15) is 40.6 Å². The summed E-state index contributed by atoms with van der Waals surface area (Å²) in [5.74, 6) is -0.111. The summed E-state index contributed by atoms with van der Waals surface area (Å²) in [7, 11) is 0. The summed E-state index contributed by atoms with van der Waals surface area (Å²) in [5.41, 5.74) is 1.64. The number of rotatable bonds is 6. The summed E-state index contributed by atoms with van der Waals surface area (Å²) < 4.78 is 5.22. The van der Waals surface area contributed by atoms with Crippen molar-refractivity contribution in [2.24, 2.45) is 0 Å². The van der Waals surface area contributed by atoms with Crippen molar-refractivity contribution in [2.75, 3.05) is 17.7 Å². The van der Waals surface area contributed by atoms with E-state index in [0.29, 0.717) is 22.9 Å². The first-order valence-corrected chi connectivity index (χ1v) is 10.3. The van der Waals surface area contributed by atoms with Crippen molar-refractivity contribution < 1.29 is 14.3 Å². The van der Waals surface area contributed by atoms with Gasteiger partial charge < -0.3 is 10.1 Å². The van der Waals surface area contributed by atoms with E-state index in [1.165, 1.54) is 28.0 Å². The SMILES string of the molecule is CCOC(=O)c1c(NC(=O)CSc2ccccc2)sc2c1CCCC2. The number of esters is 1. The molecule has 0 atom stereocenters. The fourth-order valence-corrected chi connectivity index (χ4v) is 4.91. The first-order chi connectivity index (χ1) is 12.2. The number of hydrogen-bond donors (Lipinski definition) is 1. The van der Waals surface area contributed by atoms with Gasteiger partial charge in [0.2, 0.25) is 5.91 Å². The van der Waals surface area contributed by atoms with Crippen molar-refractivity contribution in [2.45, 2.75) is 37.5 Å². The molecular formula is C19H21NO3S2. The molecule has 1 heterocycles. The number of thioether (sulfide) groups is 1. The molecule has 3 rings (SSSR count). The molecule has 2 aromatic rings. The standard InChI is InChI=1S/C19H21NO3S2/c1-2-23-19(22)17-14-10-6-7-11-15(14)25-18(17)20-16(21)12-24-13-8-4-3-5-9-13/h3-5,8-9H,2,6-7,10-12H2,1H3,(H,20,21). The van der Waals surface area contributed by atoms with Gasteiger partial charge in [0.15, 0.2) is 0 Å². The van der Waals surface area contributed by atoms with Crippen LogP contribution >= 0.6 is 23.1 Å². The molecule has 0 fully saturated rings. The second-order valence-corrected chi connectivity index (χ2v) is 7.94. The van der Waals surface area contributed by atoms with E-state index in [4.69, 9.17) is 4.74 Å². The molecule has 0 spiro atoms. The van der Waals surface area contributed by atoms with Crippen molar-refractivity contribution in [1.82, 2.24) is 0 Å². The molecule has 0 bridgehead atoms. The highest BCUT2D eigenvalue weighted by atomic mass is 32.2.